The average molecular weight is 116 g/mol. The predicted molar refractivity (Wildman–Crippen MR) is 26.7 cm³/mol. The van der Waals surface area contributed by atoms with Crippen LogP contribution in [0.2, 0.25) is 0 Å². The molecule has 1 fully saturated rings. The smallest absolute Gasteiger partial charge is 0.238 e. The van der Waals surface area contributed by atoms with Crippen LogP contribution in [0.4, 0.5) is 0 Å². The van der Waals surface area contributed by atoms with Gasteiger partial charge in [-0.1, -0.05) is 0 Å². The monoisotopic (exact) mass is 116 g/mol. The summed E-state index contributed by atoms with van der Waals surface area (Å²) in [5.41, 5.74) is 4.90. The zero-order valence-corrected chi connectivity index (χ0v) is 4.63. The molecule has 1 unspecified atom stereocenters. The Labute approximate surface area is 47.2 Å². The Hall–Kier alpha value is -0.610. The molecule has 1 rings (SSSR count). The van der Waals surface area contributed by atoms with Gasteiger partial charge in [0.25, 0.3) is 0 Å². The SMILES string of the molecule is CON1C[C@H]1C(N)=O. The molecule has 46 valence electrons. The number of nitrogens with zero attached hydrogens (tertiary/aromatic N) is 1. The van der Waals surface area contributed by atoms with Crippen molar-refractivity contribution in [2.24, 2.45) is 5.73 Å². The molecule has 0 aliphatic carbocycles. The maximum Gasteiger partial charge on any atom is 0.238 e. The molecule has 8 heavy (non-hydrogen) atoms. The summed E-state index contributed by atoms with van der Waals surface area (Å²) >= 11 is 0. The number of hydrogen-bond donors (Lipinski definition) is 1. The molecule has 0 aromatic carbocycles. The van der Waals surface area contributed by atoms with Gasteiger partial charge in [0, 0.05) is 0 Å². The summed E-state index contributed by atoms with van der Waals surface area (Å²) in [5, 5.41) is 1.52. The third-order valence-corrected chi connectivity index (χ3v) is 1.13. The maximum atomic E-state index is 10.2. The van der Waals surface area contributed by atoms with Crippen LogP contribution in [0.5, 0.6) is 0 Å². The fourth-order valence-electron chi connectivity index (χ4n) is 0.557. The van der Waals surface area contributed by atoms with Gasteiger partial charge in [-0.2, -0.15) is 5.06 Å². The molecule has 1 amide bonds. The van der Waals surface area contributed by atoms with Gasteiger partial charge in [-0.25, -0.2) is 0 Å². The van der Waals surface area contributed by atoms with Crippen LogP contribution in [0.3, 0.4) is 0 Å². The summed E-state index contributed by atoms with van der Waals surface area (Å²) in [5.74, 6) is -0.313. The first-order chi connectivity index (χ1) is 3.75. The first kappa shape index (κ1) is 5.53. The molecule has 0 saturated carbocycles. The summed E-state index contributed by atoms with van der Waals surface area (Å²) < 4.78 is 0. The molecule has 1 heterocycles. The van der Waals surface area contributed by atoms with Crippen molar-refractivity contribution in [3.8, 4) is 0 Å². The maximum absolute atomic E-state index is 10.2. The third-order valence-electron chi connectivity index (χ3n) is 1.13. The van der Waals surface area contributed by atoms with E-state index < -0.39 is 0 Å². The number of nitrogens with two attached hydrogens (primary N) is 1. The van der Waals surface area contributed by atoms with Crippen LogP contribution in [-0.4, -0.2) is 30.7 Å². The Morgan fingerprint density at radius 1 is 2.00 bits per heavy atom. The minimum Gasteiger partial charge on any atom is -0.368 e. The summed E-state index contributed by atoms with van der Waals surface area (Å²) in [7, 11) is 1.52. The van der Waals surface area contributed by atoms with Gasteiger partial charge in [0.15, 0.2) is 0 Å². The van der Waals surface area contributed by atoms with E-state index in [2.05, 4.69) is 4.84 Å². The lowest BCUT2D eigenvalue weighted by atomic mass is 10.5. The van der Waals surface area contributed by atoms with Crippen molar-refractivity contribution in [3.05, 3.63) is 0 Å². The van der Waals surface area contributed by atoms with E-state index in [1.165, 1.54) is 12.2 Å². The Kier molecular flexibility index (Phi) is 1.19. The topological polar surface area (TPSA) is 55.3 Å². The van der Waals surface area contributed by atoms with E-state index in [0.29, 0.717) is 6.54 Å². The third kappa shape index (κ3) is 0.801. The fraction of sp³-hybridized carbons (Fsp3) is 0.750. The molecule has 4 heteroatoms. The summed E-state index contributed by atoms with van der Waals surface area (Å²) in [6.45, 7) is 0.645. The van der Waals surface area contributed by atoms with E-state index in [-0.39, 0.29) is 11.9 Å². The van der Waals surface area contributed by atoms with Crippen molar-refractivity contribution in [1.82, 2.24) is 5.06 Å². The molecule has 0 aromatic heterocycles. The highest BCUT2D eigenvalue weighted by molar-refractivity contribution is 5.82. The highest BCUT2D eigenvalue weighted by atomic mass is 16.7. The number of hydroxylamine groups is 2. The van der Waals surface area contributed by atoms with Crippen LogP contribution < -0.4 is 5.73 Å². The Morgan fingerprint density at radius 3 is 2.75 bits per heavy atom. The van der Waals surface area contributed by atoms with Crippen molar-refractivity contribution < 1.29 is 9.63 Å². The predicted octanol–water partition coefficient (Wildman–Crippen LogP) is -1.28. The van der Waals surface area contributed by atoms with E-state index in [0.717, 1.165) is 0 Å². The molecular formula is C4H8N2O2. The van der Waals surface area contributed by atoms with Crippen LogP contribution in [0.25, 0.3) is 0 Å². The number of amides is 1. The zero-order chi connectivity index (χ0) is 6.15. The molecule has 1 saturated heterocycles. The molecular weight excluding hydrogens is 108 g/mol. The minimum atomic E-state index is -0.313. The zero-order valence-electron chi connectivity index (χ0n) is 4.63. The van der Waals surface area contributed by atoms with E-state index in [1.807, 2.05) is 0 Å². The van der Waals surface area contributed by atoms with Crippen LogP contribution in [0.1, 0.15) is 0 Å². The standard InChI is InChI=1S/C4H8N2O2/c1-8-6-2-3(6)4(5)7/h3H,2H2,1H3,(H2,5,7)/t3-,6?/m0/s1. The molecule has 0 radical (unpaired) electrons. The lowest BCUT2D eigenvalue weighted by Crippen LogP contribution is -2.21. The lowest BCUT2D eigenvalue weighted by molar-refractivity contribution is -0.122. The molecule has 1 aliphatic heterocycles. The first-order valence-electron chi connectivity index (χ1n) is 2.35. The van der Waals surface area contributed by atoms with E-state index >= 15 is 0 Å². The van der Waals surface area contributed by atoms with Crippen LogP contribution in [0.15, 0.2) is 0 Å². The van der Waals surface area contributed by atoms with Gasteiger partial charge in [-0.05, 0) is 0 Å². The highest BCUT2D eigenvalue weighted by Gasteiger charge is 2.39. The van der Waals surface area contributed by atoms with Crippen molar-refractivity contribution in [2.45, 2.75) is 6.04 Å². The summed E-state index contributed by atoms with van der Waals surface area (Å²) in [6.07, 6.45) is 0. The van der Waals surface area contributed by atoms with Gasteiger partial charge in [-0.15, -0.1) is 0 Å². The molecule has 0 bridgehead atoms. The number of carbonyl (C=O) groups is 1. The molecule has 1 aliphatic rings. The fourth-order valence-corrected chi connectivity index (χ4v) is 0.557. The lowest BCUT2D eigenvalue weighted by Gasteiger charge is -1.92. The molecule has 2 N–H and O–H groups in total. The van der Waals surface area contributed by atoms with Crippen LogP contribution in [0, 0.1) is 0 Å². The normalized spacial score (nSPS) is 34.6. The molecule has 0 spiro atoms. The number of rotatable bonds is 2. The van der Waals surface area contributed by atoms with Gasteiger partial charge in [0.05, 0.1) is 13.7 Å². The van der Waals surface area contributed by atoms with E-state index in [9.17, 15) is 4.79 Å². The van der Waals surface area contributed by atoms with E-state index in [4.69, 9.17) is 5.73 Å². The number of primary amides is 1. The van der Waals surface area contributed by atoms with Gasteiger partial charge in [0.2, 0.25) is 5.91 Å². The number of carbonyl (C=O) groups excluding carboxylic acids is 1. The van der Waals surface area contributed by atoms with Crippen molar-refractivity contribution in [3.63, 3.8) is 0 Å². The second-order valence-electron chi connectivity index (χ2n) is 1.70. The Balaban J connectivity index is 2.26. The number of hydrogen-bond acceptors (Lipinski definition) is 3. The van der Waals surface area contributed by atoms with Crippen molar-refractivity contribution >= 4 is 5.91 Å². The first-order valence-corrected chi connectivity index (χ1v) is 2.35. The summed E-state index contributed by atoms with van der Waals surface area (Å²) in [4.78, 5) is 14.9. The average Bonchev–Trinajstić information content (AvgIpc) is 2.42. The van der Waals surface area contributed by atoms with Crippen molar-refractivity contribution in [1.29, 1.82) is 0 Å². The van der Waals surface area contributed by atoms with Gasteiger partial charge in [-0.3, -0.25) is 4.79 Å². The van der Waals surface area contributed by atoms with Gasteiger partial charge < -0.3 is 10.6 Å². The minimum absolute atomic E-state index is 0.167. The second-order valence-corrected chi connectivity index (χ2v) is 1.70. The molecule has 2 atom stereocenters. The van der Waals surface area contributed by atoms with Crippen LogP contribution >= 0.6 is 0 Å². The Bertz CT molecular complexity index is 115. The Morgan fingerprint density at radius 2 is 2.62 bits per heavy atom. The quantitative estimate of drug-likeness (QED) is 0.457. The highest BCUT2D eigenvalue weighted by Crippen LogP contribution is 2.14. The van der Waals surface area contributed by atoms with Crippen molar-refractivity contribution in [2.75, 3.05) is 13.7 Å². The van der Waals surface area contributed by atoms with Crippen LogP contribution in [-0.2, 0) is 9.63 Å². The second kappa shape index (κ2) is 1.72. The van der Waals surface area contributed by atoms with Gasteiger partial charge >= 0.3 is 0 Å². The molecule has 0 aromatic rings. The summed E-state index contributed by atoms with van der Waals surface area (Å²) in [6, 6.07) is -0.167. The molecule has 4 nitrogen and oxygen atoms in total. The van der Waals surface area contributed by atoms with Gasteiger partial charge in [0.1, 0.15) is 6.04 Å². The van der Waals surface area contributed by atoms with E-state index in [1.54, 1.807) is 0 Å². The largest absolute Gasteiger partial charge is 0.368 e.